The van der Waals surface area contributed by atoms with Crippen molar-refractivity contribution in [3.05, 3.63) is 33.8 Å². The maximum Gasteiger partial charge on any atom is 0.151 e. The van der Waals surface area contributed by atoms with Crippen LogP contribution in [-0.2, 0) is 6.42 Å². The molecule has 1 aromatic heterocycles. The van der Waals surface area contributed by atoms with E-state index < -0.39 is 0 Å². The summed E-state index contributed by atoms with van der Waals surface area (Å²) in [6.07, 6.45) is 3.33. The van der Waals surface area contributed by atoms with Gasteiger partial charge in [-0.2, -0.15) is 5.10 Å². The Balaban J connectivity index is 2.12. The first-order valence-corrected chi connectivity index (χ1v) is 6.78. The van der Waals surface area contributed by atoms with E-state index in [9.17, 15) is 0 Å². The number of nitrogens with one attached hydrogen (secondary N) is 2. The number of rotatable bonds is 1. The quantitative estimate of drug-likeness (QED) is 0.825. The maximum atomic E-state index is 6.24. The van der Waals surface area contributed by atoms with Gasteiger partial charge >= 0.3 is 0 Å². The Labute approximate surface area is 115 Å². The maximum absolute atomic E-state index is 6.24. The molecule has 0 radical (unpaired) electrons. The van der Waals surface area contributed by atoms with Crippen LogP contribution in [0.4, 0.5) is 5.82 Å². The second-order valence-corrected chi connectivity index (χ2v) is 5.28. The molecule has 0 saturated heterocycles. The molecule has 0 amide bonds. The highest BCUT2D eigenvalue weighted by molar-refractivity contribution is 6.35. The number of fused-ring (bicyclic) bond motifs is 1. The van der Waals surface area contributed by atoms with Gasteiger partial charge < -0.3 is 5.32 Å². The molecule has 5 heteroatoms. The number of H-pyrrole nitrogens is 1. The van der Waals surface area contributed by atoms with Crippen molar-refractivity contribution in [1.82, 2.24) is 10.2 Å². The van der Waals surface area contributed by atoms with Gasteiger partial charge in [0, 0.05) is 22.7 Å². The molecule has 1 aromatic carbocycles. The van der Waals surface area contributed by atoms with E-state index in [2.05, 4.69) is 15.5 Å². The van der Waals surface area contributed by atoms with E-state index in [-0.39, 0.29) is 0 Å². The van der Waals surface area contributed by atoms with Crippen molar-refractivity contribution in [3.63, 3.8) is 0 Å². The zero-order chi connectivity index (χ0) is 12.5. The van der Waals surface area contributed by atoms with Crippen molar-refractivity contribution in [1.29, 1.82) is 0 Å². The zero-order valence-corrected chi connectivity index (χ0v) is 11.3. The second-order valence-electron chi connectivity index (χ2n) is 4.43. The summed E-state index contributed by atoms with van der Waals surface area (Å²) >= 11 is 12.3. The average molecular weight is 282 g/mol. The number of benzene rings is 1. The number of aromatic amines is 1. The van der Waals surface area contributed by atoms with Crippen LogP contribution in [0, 0.1) is 0 Å². The van der Waals surface area contributed by atoms with E-state index in [0.717, 1.165) is 36.5 Å². The summed E-state index contributed by atoms with van der Waals surface area (Å²) in [6, 6.07) is 5.49. The first-order valence-electron chi connectivity index (χ1n) is 6.02. The van der Waals surface area contributed by atoms with Crippen LogP contribution >= 0.6 is 23.2 Å². The summed E-state index contributed by atoms with van der Waals surface area (Å²) in [5.74, 6) is 0.943. The van der Waals surface area contributed by atoms with Crippen LogP contribution in [0.3, 0.4) is 0 Å². The second kappa shape index (κ2) is 4.82. The monoisotopic (exact) mass is 281 g/mol. The van der Waals surface area contributed by atoms with Gasteiger partial charge in [-0.15, -0.1) is 0 Å². The van der Waals surface area contributed by atoms with Crippen LogP contribution in [0.1, 0.15) is 18.4 Å². The van der Waals surface area contributed by atoms with Gasteiger partial charge in [-0.1, -0.05) is 23.2 Å². The van der Waals surface area contributed by atoms with Gasteiger partial charge in [-0.25, -0.2) is 0 Å². The van der Waals surface area contributed by atoms with Crippen LogP contribution < -0.4 is 5.32 Å². The Morgan fingerprint density at radius 1 is 1.17 bits per heavy atom. The van der Waals surface area contributed by atoms with Crippen LogP contribution in [0.25, 0.3) is 11.3 Å². The van der Waals surface area contributed by atoms with E-state index >= 15 is 0 Å². The predicted molar refractivity (Wildman–Crippen MR) is 75.5 cm³/mol. The van der Waals surface area contributed by atoms with Gasteiger partial charge in [0.15, 0.2) is 5.82 Å². The molecular formula is C13H13Cl2N3. The minimum Gasteiger partial charge on any atom is -0.368 e. The molecule has 3 nitrogen and oxygen atoms in total. The molecular weight excluding hydrogens is 269 g/mol. The molecule has 0 fully saturated rings. The van der Waals surface area contributed by atoms with E-state index in [4.69, 9.17) is 23.2 Å². The molecule has 3 rings (SSSR count). The molecule has 2 aromatic rings. The molecule has 1 aliphatic rings. The molecule has 0 atom stereocenters. The van der Waals surface area contributed by atoms with Crippen LogP contribution in [-0.4, -0.2) is 16.7 Å². The number of halogens is 2. The Bertz CT molecular complexity index is 578. The summed E-state index contributed by atoms with van der Waals surface area (Å²) in [4.78, 5) is 0. The average Bonchev–Trinajstić information content (AvgIpc) is 2.61. The Morgan fingerprint density at radius 3 is 2.94 bits per heavy atom. The number of nitrogens with zero attached hydrogens (tertiary/aromatic N) is 1. The van der Waals surface area contributed by atoms with Gasteiger partial charge in [0.2, 0.25) is 0 Å². The molecule has 94 valence electrons. The van der Waals surface area contributed by atoms with Crippen molar-refractivity contribution >= 4 is 29.0 Å². The van der Waals surface area contributed by atoms with E-state index in [1.54, 1.807) is 6.07 Å². The van der Waals surface area contributed by atoms with E-state index in [0.29, 0.717) is 10.0 Å². The molecule has 0 bridgehead atoms. The summed E-state index contributed by atoms with van der Waals surface area (Å²) in [5.41, 5.74) is 3.10. The molecule has 0 saturated carbocycles. The number of hydrogen-bond donors (Lipinski definition) is 2. The van der Waals surface area contributed by atoms with Gasteiger partial charge in [-0.05, 0) is 37.5 Å². The van der Waals surface area contributed by atoms with Gasteiger partial charge in [0.25, 0.3) is 0 Å². The molecule has 18 heavy (non-hydrogen) atoms. The molecule has 2 N–H and O–H groups in total. The number of aromatic nitrogens is 2. The highest BCUT2D eigenvalue weighted by Crippen LogP contribution is 2.35. The SMILES string of the molecule is Clc1ccc(Cl)c(-c2[nH]nc3c2CCCCN3)c1. The highest BCUT2D eigenvalue weighted by Gasteiger charge is 2.18. The van der Waals surface area contributed by atoms with Crippen LogP contribution in [0.2, 0.25) is 10.0 Å². The fourth-order valence-corrected chi connectivity index (χ4v) is 2.68. The predicted octanol–water partition coefficient (Wildman–Crippen LogP) is 4.13. The minimum absolute atomic E-state index is 0.680. The molecule has 0 spiro atoms. The third-order valence-corrected chi connectivity index (χ3v) is 3.78. The largest absolute Gasteiger partial charge is 0.368 e. The van der Waals surface area contributed by atoms with Gasteiger partial charge in [0.05, 0.1) is 10.7 Å². The van der Waals surface area contributed by atoms with Crippen molar-refractivity contribution < 1.29 is 0 Å². The number of hydrogen-bond acceptors (Lipinski definition) is 2. The van der Waals surface area contributed by atoms with Crippen LogP contribution in [0.15, 0.2) is 18.2 Å². The lowest BCUT2D eigenvalue weighted by molar-refractivity contribution is 0.783. The fourth-order valence-electron chi connectivity index (χ4n) is 2.30. The van der Waals surface area contributed by atoms with Crippen molar-refractivity contribution in [2.45, 2.75) is 19.3 Å². The topological polar surface area (TPSA) is 40.7 Å². The summed E-state index contributed by atoms with van der Waals surface area (Å²) in [7, 11) is 0. The van der Waals surface area contributed by atoms with E-state index in [1.807, 2.05) is 12.1 Å². The van der Waals surface area contributed by atoms with Gasteiger partial charge in [-0.3, -0.25) is 5.10 Å². The summed E-state index contributed by atoms with van der Waals surface area (Å²) in [6.45, 7) is 0.973. The zero-order valence-electron chi connectivity index (χ0n) is 9.76. The minimum atomic E-state index is 0.680. The molecule has 2 heterocycles. The first kappa shape index (κ1) is 11.9. The Kier molecular flexibility index (Phi) is 3.18. The van der Waals surface area contributed by atoms with E-state index in [1.165, 1.54) is 12.0 Å². The van der Waals surface area contributed by atoms with Crippen molar-refractivity contribution in [3.8, 4) is 11.3 Å². The number of anilines is 1. The third kappa shape index (κ3) is 2.08. The normalized spacial score (nSPS) is 14.8. The summed E-state index contributed by atoms with van der Waals surface area (Å²) in [5, 5.41) is 12.1. The lowest BCUT2D eigenvalue weighted by Gasteiger charge is -2.05. The van der Waals surface area contributed by atoms with Gasteiger partial charge in [0.1, 0.15) is 0 Å². The molecule has 0 unspecified atom stereocenters. The lowest BCUT2D eigenvalue weighted by atomic mass is 10.0. The Hall–Kier alpha value is -1.19. The fraction of sp³-hybridized carbons (Fsp3) is 0.308. The molecule has 0 aliphatic carbocycles. The third-order valence-electron chi connectivity index (χ3n) is 3.21. The van der Waals surface area contributed by atoms with Crippen molar-refractivity contribution in [2.24, 2.45) is 0 Å². The lowest BCUT2D eigenvalue weighted by Crippen LogP contribution is -1.99. The summed E-state index contributed by atoms with van der Waals surface area (Å²) < 4.78 is 0. The van der Waals surface area contributed by atoms with Crippen molar-refractivity contribution in [2.75, 3.05) is 11.9 Å². The Morgan fingerprint density at radius 2 is 2.06 bits per heavy atom. The highest BCUT2D eigenvalue weighted by atomic mass is 35.5. The first-order chi connectivity index (χ1) is 8.75. The molecule has 1 aliphatic heterocycles. The smallest absolute Gasteiger partial charge is 0.151 e. The van der Waals surface area contributed by atoms with Crippen LogP contribution in [0.5, 0.6) is 0 Å². The standard InChI is InChI=1S/C13H13Cl2N3/c14-8-4-5-11(15)10(7-8)12-9-3-1-2-6-16-13(9)18-17-12/h4-5,7H,1-3,6H2,(H2,16,17,18).